The Bertz CT molecular complexity index is 763. The van der Waals surface area contributed by atoms with Crippen molar-refractivity contribution in [3.8, 4) is 17.1 Å². The summed E-state index contributed by atoms with van der Waals surface area (Å²) in [4.78, 5) is 0. The second-order valence-corrected chi connectivity index (χ2v) is 6.44. The van der Waals surface area contributed by atoms with Crippen LogP contribution in [0.15, 0.2) is 18.2 Å². The Hall–Kier alpha value is -1.04. The second kappa shape index (κ2) is 5.39. The number of hydrogen-bond donors (Lipinski definition) is 1. The quantitative estimate of drug-likeness (QED) is 0.559. The standard InChI is InChI=1S/C12H10I2N6/c1-6-3-4-7(2)8(5-6)20-11(14)9(10(13)17-20)12-15-18-19-16-12/h3-5H,1-2H3,(H,15,16,18,19). The topological polar surface area (TPSA) is 72.3 Å². The van der Waals surface area contributed by atoms with Gasteiger partial charge in [0.2, 0.25) is 5.82 Å². The molecule has 0 bridgehead atoms. The minimum Gasteiger partial charge on any atom is -0.225 e. The van der Waals surface area contributed by atoms with E-state index >= 15 is 0 Å². The summed E-state index contributed by atoms with van der Waals surface area (Å²) < 4.78 is 3.76. The Morgan fingerprint density at radius 2 is 2.00 bits per heavy atom. The number of aryl methyl sites for hydroxylation is 2. The van der Waals surface area contributed by atoms with Gasteiger partial charge in [-0.25, -0.2) is 4.68 Å². The first kappa shape index (κ1) is 13.9. The number of halogens is 2. The molecule has 102 valence electrons. The van der Waals surface area contributed by atoms with Crippen molar-refractivity contribution in [1.29, 1.82) is 0 Å². The van der Waals surface area contributed by atoms with Crippen molar-refractivity contribution in [1.82, 2.24) is 30.4 Å². The van der Waals surface area contributed by atoms with E-state index in [0.29, 0.717) is 5.82 Å². The number of rotatable bonds is 2. The summed E-state index contributed by atoms with van der Waals surface area (Å²) in [6.45, 7) is 4.15. The molecule has 1 N–H and O–H groups in total. The van der Waals surface area contributed by atoms with Crippen LogP contribution in [0.3, 0.4) is 0 Å². The second-order valence-electron chi connectivity index (χ2n) is 4.39. The minimum absolute atomic E-state index is 0.565. The average Bonchev–Trinajstić information content (AvgIpc) is 3.01. The van der Waals surface area contributed by atoms with Crippen molar-refractivity contribution >= 4 is 45.2 Å². The minimum atomic E-state index is 0.565. The zero-order valence-corrected chi connectivity index (χ0v) is 15.0. The highest BCUT2D eigenvalue weighted by Crippen LogP contribution is 2.30. The summed E-state index contributed by atoms with van der Waals surface area (Å²) in [5.41, 5.74) is 4.35. The van der Waals surface area contributed by atoms with Crippen LogP contribution in [0.5, 0.6) is 0 Å². The maximum Gasteiger partial charge on any atom is 0.210 e. The SMILES string of the molecule is Cc1ccc(C)c(-n2nc(I)c(-c3nn[nH]n3)c2I)c1. The Morgan fingerprint density at radius 1 is 1.20 bits per heavy atom. The smallest absolute Gasteiger partial charge is 0.210 e. The fourth-order valence-corrected chi connectivity index (χ4v) is 4.03. The molecule has 0 saturated carbocycles. The van der Waals surface area contributed by atoms with E-state index in [1.807, 2.05) is 4.68 Å². The van der Waals surface area contributed by atoms with Crippen molar-refractivity contribution in [3.05, 3.63) is 36.7 Å². The van der Waals surface area contributed by atoms with E-state index in [0.717, 1.165) is 18.7 Å². The molecular formula is C12H10I2N6. The number of aromatic amines is 1. The first-order valence-corrected chi connectivity index (χ1v) is 7.99. The Labute approximate surface area is 142 Å². The van der Waals surface area contributed by atoms with Gasteiger partial charge < -0.3 is 0 Å². The van der Waals surface area contributed by atoms with Gasteiger partial charge in [0.15, 0.2) is 0 Å². The van der Waals surface area contributed by atoms with E-state index in [4.69, 9.17) is 0 Å². The molecule has 2 aromatic heterocycles. The molecule has 20 heavy (non-hydrogen) atoms. The zero-order chi connectivity index (χ0) is 14.3. The van der Waals surface area contributed by atoms with Crippen molar-refractivity contribution in [3.63, 3.8) is 0 Å². The number of benzene rings is 1. The molecule has 1 aromatic carbocycles. The van der Waals surface area contributed by atoms with Gasteiger partial charge in [-0.15, -0.1) is 10.2 Å². The van der Waals surface area contributed by atoms with Gasteiger partial charge in [-0.3, -0.25) is 0 Å². The molecule has 0 unspecified atom stereocenters. The van der Waals surface area contributed by atoms with E-state index in [-0.39, 0.29) is 0 Å². The van der Waals surface area contributed by atoms with Gasteiger partial charge in [-0.05, 0) is 81.4 Å². The number of nitrogens with zero attached hydrogens (tertiary/aromatic N) is 5. The number of nitrogens with one attached hydrogen (secondary N) is 1. The molecule has 0 spiro atoms. The largest absolute Gasteiger partial charge is 0.225 e. The summed E-state index contributed by atoms with van der Waals surface area (Å²) in [5, 5.41) is 18.8. The third-order valence-electron chi connectivity index (χ3n) is 2.95. The van der Waals surface area contributed by atoms with Crippen molar-refractivity contribution < 1.29 is 0 Å². The van der Waals surface area contributed by atoms with Gasteiger partial charge in [0.25, 0.3) is 0 Å². The maximum atomic E-state index is 4.61. The highest BCUT2D eigenvalue weighted by molar-refractivity contribution is 14.1. The summed E-state index contributed by atoms with van der Waals surface area (Å²) in [7, 11) is 0. The van der Waals surface area contributed by atoms with Crippen molar-refractivity contribution in [2.45, 2.75) is 13.8 Å². The van der Waals surface area contributed by atoms with Crippen LogP contribution in [-0.2, 0) is 0 Å². The molecular weight excluding hydrogens is 482 g/mol. The third kappa shape index (κ3) is 2.34. The average molecular weight is 492 g/mol. The van der Waals surface area contributed by atoms with Gasteiger partial charge in [0.05, 0.1) is 11.3 Å². The number of hydrogen-bond acceptors (Lipinski definition) is 4. The molecule has 0 amide bonds. The lowest BCUT2D eigenvalue weighted by molar-refractivity contribution is 0.841. The molecule has 0 aliphatic rings. The van der Waals surface area contributed by atoms with Crippen LogP contribution in [0.25, 0.3) is 17.1 Å². The van der Waals surface area contributed by atoms with Crippen LogP contribution in [0.4, 0.5) is 0 Å². The van der Waals surface area contributed by atoms with Crippen molar-refractivity contribution in [2.24, 2.45) is 0 Å². The van der Waals surface area contributed by atoms with Crippen LogP contribution in [0, 0.1) is 21.2 Å². The van der Waals surface area contributed by atoms with Crippen LogP contribution >= 0.6 is 45.2 Å². The zero-order valence-electron chi connectivity index (χ0n) is 10.7. The molecule has 0 aliphatic heterocycles. The molecule has 0 aliphatic carbocycles. The van der Waals surface area contributed by atoms with E-state index in [1.54, 1.807) is 0 Å². The number of H-pyrrole nitrogens is 1. The molecule has 0 atom stereocenters. The Morgan fingerprint density at radius 3 is 2.70 bits per heavy atom. The van der Waals surface area contributed by atoms with E-state index in [2.05, 4.69) is 103 Å². The van der Waals surface area contributed by atoms with Crippen LogP contribution in [0.2, 0.25) is 0 Å². The molecule has 3 rings (SSSR count). The maximum absolute atomic E-state index is 4.61. The molecule has 0 radical (unpaired) electrons. The van der Waals surface area contributed by atoms with Crippen LogP contribution < -0.4 is 0 Å². The number of tetrazole rings is 1. The van der Waals surface area contributed by atoms with Gasteiger partial charge in [-0.2, -0.15) is 10.3 Å². The summed E-state index contributed by atoms with van der Waals surface area (Å²) in [6.07, 6.45) is 0. The molecule has 2 heterocycles. The normalized spacial score (nSPS) is 11.0. The van der Waals surface area contributed by atoms with Crippen LogP contribution in [-0.4, -0.2) is 30.4 Å². The van der Waals surface area contributed by atoms with E-state index in [1.165, 1.54) is 11.1 Å². The summed E-state index contributed by atoms with van der Waals surface area (Å²) in [5.74, 6) is 0.565. The predicted molar refractivity (Wildman–Crippen MR) is 91.6 cm³/mol. The lowest BCUT2D eigenvalue weighted by atomic mass is 10.1. The highest BCUT2D eigenvalue weighted by atomic mass is 127. The van der Waals surface area contributed by atoms with E-state index < -0.39 is 0 Å². The Kier molecular flexibility index (Phi) is 3.75. The van der Waals surface area contributed by atoms with Gasteiger partial charge in [0.1, 0.15) is 7.40 Å². The lowest BCUT2D eigenvalue weighted by Gasteiger charge is -2.08. The fraction of sp³-hybridized carbons (Fsp3) is 0.167. The third-order valence-corrected chi connectivity index (χ3v) is 4.70. The molecule has 3 aromatic rings. The summed E-state index contributed by atoms with van der Waals surface area (Å²) >= 11 is 4.47. The summed E-state index contributed by atoms with van der Waals surface area (Å²) in [6, 6.07) is 6.32. The molecule has 8 heteroatoms. The van der Waals surface area contributed by atoms with Gasteiger partial charge >= 0.3 is 0 Å². The first-order chi connectivity index (χ1) is 9.58. The Balaban J connectivity index is 2.22. The molecule has 6 nitrogen and oxygen atoms in total. The molecule has 0 saturated heterocycles. The lowest BCUT2D eigenvalue weighted by Crippen LogP contribution is -2.02. The van der Waals surface area contributed by atoms with Crippen molar-refractivity contribution in [2.75, 3.05) is 0 Å². The predicted octanol–water partition coefficient (Wildman–Crippen LogP) is 2.88. The molecule has 0 fully saturated rings. The van der Waals surface area contributed by atoms with Gasteiger partial charge in [-0.1, -0.05) is 12.1 Å². The number of aromatic nitrogens is 6. The van der Waals surface area contributed by atoms with Gasteiger partial charge in [0, 0.05) is 0 Å². The monoisotopic (exact) mass is 492 g/mol. The van der Waals surface area contributed by atoms with E-state index in [9.17, 15) is 0 Å². The van der Waals surface area contributed by atoms with Crippen LogP contribution in [0.1, 0.15) is 11.1 Å². The first-order valence-electron chi connectivity index (χ1n) is 5.83. The fourth-order valence-electron chi connectivity index (χ4n) is 1.93. The highest BCUT2D eigenvalue weighted by Gasteiger charge is 2.20.